The zero-order chi connectivity index (χ0) is 15.1. The number of benzene rings is 1. The van der Waals surface area contributed by atoms with Gasteiger partial charge in [0.15, 0.2) is 0 Å². The van der Waals surface area contributed by atoms with Crippen molar-refractivity contribution in [1.82, 2.24) is 11.0 Å². The fourth-order valence-electron chi connectivity index (χ4n) is 1.13. The third-order valence-electron chi connectivity index (χ3n) is 1.98. The quantitative estimate of drug-likeness (QED) is 0.743. The highest BCUT2D eigenvalue weighted by Gasteiger charge is 2.10. The molecule has 0 aliphatic heterocycles. The summed E-state index contributed by atoms with van der Waals surface area (Å²) in [5.41, 5.74) is 4.24. The molecule has 0 heterocycles. The Morgan fingerprint density at radius 3 is 1.30 bits per heavy atom. The van der Waals surface area contributed by atoms with Crippen molar-refractivity contribution in [2.24, 2.45) is 0 Å². The summed E-state index contributed by atoms with van der Waals surface area (Å²) in [6, 6.07) is 5.39. The summed E-state index contributed by atoms with van der Waals surface area (Å²) in [4.78, 5) is 52.7. The largest absolute Gasteiger partial charge is 0.341 e. The van der Waals surface area contributed by atoms with Crippen LogP contribution in [-0.4, -0.2) is 23.8 Å². The normalized spacial score (nSPS) is 9.30. The first kappa shape index (κ1) is 15.2. The van der Waals surface area contributed by atoms with Crippen LogP contribution >= 0.6 is 0 Å². The van der Waals surface area contributed by atoms with Crippen LogP contribution in [0.5, 0.6) is 0 Å². The number of carbonyl (C=O) groups is 4. The van der Waals surface area contributed by atoms with E-state index in [4.69, 9.17) is 0 Å². The Hall–Kier alpha value is -2.90. The number of rotatable bonds is 2. The molecule has 0 bridgehead atoms. The van der Waals surface area contributed by atoms with Crippen LogP contribution in [0.15, 0.2) is 24.3 Å². The molecule has 106 valence electrons. The van der Waals surface area contributed by atoms with Gasteiger partial charge in [0.25, 0.3) is 11.8 Å². The number of hydrogen-bond donors (Lipinski definition) is 2. The van der Waals surface area contributed by atoms with Crippen LogP contribution in [0.4, 0.5) is 0 Å². The Kier molecular flexibility index (Phi) is 5.21. The minimum absolute atomic E-state index is 0.190. The minimum Gasteiger partial charge on any atom is -0.341 e. The van der Waals surface area contributed by atoms with Crippen molar-refractivity contribution < 1.29 is 28.9 Å². The summed E-state index contributed by atoms with van der Waals surface area (Å²) in [7, 11) is 0. The van der Waals surface area contributed by atoms with E-state index in [1.54, 1.807) is 0 Å². The van der Waals surface area contributed by atoms with Gasteiger partial charge in [-0.15, -0.1) is 0 Å². The molecular weight excluding hydrogens is 268 g/mol. The molecule has 8 nitrogen and oxygen atoms in total. The molecule has 0 aliphatic rings. The zero-order valence-corrected chi connectivity index (χ0v) is 10.8. The first-order valence-electron chi connectivity index (χ1n) is 5.45. The van der Waals surface area contributed by atoms with Gasteiger partial charge < -0.3 is 9.68 Å². The van der Waals surface area contributed by atoms with Crippen LogP contribution in [-0.2, 0) is 19.3 Å². The first-order chi connectivity index (χ1) is 9.40. The highest BCUT2D eigenvalue weighted by Crippen LogP contribution is 2.04. The van der Waals surface area contributed by atoms with Gasteiger partial charge in [-0.3, -0.25) is 19.2 Å². The lowest BCUT2D eigenvalue weighted by molar-refractivity contribution is -0.147. The Balaban J connectivity index is 2.63. The van der Waals surface area contributed by atoms with Crippen LogP contribution in [0.1, 0.15) is 34.6 Å². The van der Waals surface area contributed by atoms with Crippen molar-refractivity contribution in [2.45, 2.75) is 13.8 Å². The van der Waals surface area contributed by atoms with Crippen molar-refractivity contribution in [2.75, 3.05) is 0 Å². The van der Waals surface area contributed by atoms with E-state index < -0.39 is 23.8 Å². The molecule has 2 amide bonds. The lowest BCUT2D eigenvalue weighted by Crippen LogP contribution is -2.27. The van der Waals surface area contributed by atoms with Crippen LogP contribution in [0.3, 0.4) is 0 Å². The zero-order valence-electron chi connectivity index (χ0n) is 10.8. The van der Waals surface area contributed by atoms with Crippen LogP contribution in [0, 0.1) is 0 Å². The molecule has 0 saturated heterocycles. The van der Waals surface area contributed by atoms with Crippen molar-refractivity contribution in [3.8, 4) is 0 Å². The highest BCUT2D eigenvalue weighted by molar-refractivity contribution is 5.97. The second-order valence-electron chi connectivity index (χ2n) is 3.63. The summed E-state index contributed by atoms with van der Waals surface area (Å²) < 4.78 is 0. The molecule has 0 aliphatic carbocycles. The third kappa shape index (κ3) is 4.77. The predicted octanol–water partition coefficient (Wildman–Crippen LogP) is 0.102. The molecule has 20 heavy (non-hydrogen) atoms. The molecule has 0 aromatic heterocycles. The van der Waals surface area contributed by atoms with Crippen molar-refractivity contribution in [3.05, 3.63) is 35.4 Å². The molecule has 8 heteroatoms. The van der Waals surface area contributed by atoms with Gasteiger partial charge in [0.1, 0.15) is 0 Å². The van der Waals surface area contributed by atoms with Crippen molar-refractivity contribution >= 4 is 23.8 Å². The molecule has 0 fully saturated rings. The molecule has 1 rings (SSSR count). The smallest absolute Gasteiger partial charge is 0.329 e. The van der Waals surface area contributed by atoms with E-state index in [-0.39, 0.29) is 11.1 Å². The number of nitrogens with one attached hydrogen (secondary N) is 2. The van der Waals surface area contributed by atoms with E-state index in [0.717, 1.165) is 13.8 Å². The summed E-state index contributed by atoms with van der Waals surface area (Å²) in [5.74, 6) is -2.58. The summed E-state index contributed by atoms with van der Waals surface area (Å²) in [5, 5.41) is 0. The monoisotopic (exact) mass is 280 g/mol. The summed E-state index contributed by atoms with van der Waals surface area (Å²) >= 11 is 0. The predicted molar refractivity (Wildman–Crippen MR) is 64.9 cm³/mol. The van der Waals surface area contributed by atoms with Gasteiger partial charge >= 0.3 is 11.9 Å². The lowest BCUT2D eigenvalue weighted by Gasteiger charge is -2.05. The maximum absolute atomic E-state index is 11.5. The molecule has 0 unspecified atom stereocenters. The Morgan fingerprint density at radius 1 is 0.750 bits per heavy atom. The Bertz CT molecular complexity index is 488. The first-order valence-corrected chi connectivity index (χ1v) is 5.45. The van der Waals surface area contributed by atoms with Gasteiger partial charge in [-0.25, -0.2) is 0 Å². The van der Waals surface area contributed by atoms with Gasteiger partial charge in [0.2, 0.25) is 0 Å². The van der Waals surface area contributed by atoms with Gasteiger partial charge in [0.05, 0.1) is 0 Å². The second kappa shape index (κ2) is 6.88. The van der Waals surface area contributed by atoms with E-state index in [1.807, 2.05) is 11.0 Å². The number of carbonyl (C=O) groups excluding carboxylic acids is 4. The third-order valence-corrected chi connectivity index (χ3v) is 1.98. The van der Waals surface area contributed by atoms with Crippen molar-refractivity contribution in [1.29, 1.82) is 0 Å². The van der Waals surface area contributed by atoms with Crippen LogP contribution < -0.4 is 11.0 Å². The average molecular weight is 280 g/mol. The standard InChI is InChI=1S/C12H12N2O6/c1-7(15)19-13-11(17)9-3-5-10(6-4-9)12(18)14-20-8(2)16/h3-6H,1-2H3,(H,13,17)(H,14,18). The fraction of sp³-hybridized carbons (Fsp3) is 0.167. The molecule has 0 spiro atoms. The number of amides is 2. The van der Waals surface area contributed by atoms with Crippen LogP contribution in [0.25, 0.3) is 0 Å². The maximum Gasteiger partial charge on any atom is 0.329 e. The minimum atomic E-state index is -0.657. The van der Waals surface area contributed by atoms with Gasteiger partial charge in [-0.1, -0.05) is 0 Å². The molecule has 1 aromatic carbocycles. The molecule has 0 atom stereocenters. The lowest BCUT2D eigenvalue weighted by atomic mass is 10.1. The molecule has 0 radical (unpaired) electrons. The Morgan fingerprint density at radius 2 is 1.05 bits per heavy atom. The molecule has 2 N–H and O–H groups in total. The molecule has 1 aromatic rings. The average Bonchev–Trinajstić information content (AvgIpc) is 2.42. The molecule has 0 saturated carbocycles. The van der Waals surface area contributed by atoms with E-state index >= 15 is 0 Å². The van der Waals surface area contributed by atoms with E-state index in [0.29, 0.717) is 0 Å². The van der Waals surface area contributed by atoms with Crippen molar-refractivity contribution in [3.63, 3.8) is 0 Å². The van der Waals surface area contributed by atoms with Crippen LogP contribution in [0.2, 0.25) is 0 Å². The summed E-state index contributed by atoms with van der Waals surface area (Å²) in [6.45, 7) is 2.28. The SMILES string of the molecule is CC(=O)ONC(=O)c1ccc(C(=O)NOC(C)=O)cc1. The van der Waals surface area contributed by atoms with Gasteiger partial charge in [-0.2, -0.15) is 11.0 Å². The van der Waals surface area contributed by atoms with Gasteiger partial charge in [-0.05, 0) is 24.3 Å². The summed E-state index contributed by atoms with van der Waals surface area (Å²) in [6.07, 6.45) is 0. The van der Waals surface area contributed by atoms with E-state index in [2.05, 4.69) is 9.68 Å². The number of hydroxylamine groups is 2. The van der Waals surface area contributed by atoms with E-state index in [9.17, 15) is 19.2 Å². The molecular formula is C12H12N2O6. The topological polar surface area (TPSA) is 111 Å². The number of hydrogen-bond acceptors (Lipinski definition) is 6. The fourth-order valence-corrected chi connectivity index (χ4v) is 1.13. The maximum atomic E-state index is 11.5. The highest BCUT2D eigenvalue weighted by atomic mass is 16.7. The van der Waals surface area contributed by atoms with E-state index in [1.165, 1.54) is 24.3 Å². The Labute approximate surface area is 114 Å². The second-order valence-corrected chi connectivity index (χ2v) is 3.63. The van der Waals surface area contributed by atoms with Gasteiger partial charge in [0, 0.05) is 25.0 Å².